The molecule has 0 atom stereocenters. The Kier molecular flexibility index (Phi) is 8.24. The predicted octanol–water partition coefficient (Wildman–Crippen LogP) is 5.30. The number of piperidine rings is 1. The second-order valence-electron chi connectivity index (χ2n) is 9.70. The number of sulfonamides is 1. The van der Waals surface area contributed by atoms with Crippen LogP contribution in [0.25, 0.3) is 0 Å². The molecule has 1 amide bonds. The van der Waals surface area contributed by atoms with Crippen LogP contribution in [-0.2, 0) is 22.9 Å². The number of rotatable bonds is 8. The Morgan fingerprint density at radius 1 is 0.923 bits per heavy atom. The van der Waals surface area contributed by atoms with Gasteiger partial charge in [0.25, 0.3) is 15.9 Å². The Labute approximate surface area is 233 Å². The summed E-state index contributed by atoms with van der Waals surface area (Å²) in [6.07, 6.45) is 4.80. The molecule has 9 heteroatoms. The molecule has 0 radical (unpaired) electrons. The first-order valence-corrected chi connectivity index (χ1v) is 14.7. The van der Waals surface area contributed by atoms with E-state index in [-0.39, 0.29) is 10.5 Å². The van der Waals surface area contributed by atoms with Crippen molar-refractivity contribution in [3.63, 3.8) is 0 Å². The molecule has 1 fully saturated rings. The van der Waals surface area contributed by atoms with Gasteiger partial charge in [-0.3, -0.25) is 4.79 Å². The lowest BCUT2D eigenvalue weighted by molar-refractivity contribution is 0.0980. The van der Waals surface area contributed by atoms with Crippen molar-refractivity contribution in [2.45, 2.75) is 30.6 Å². The lowest BCUT2D eigenvalue weighted by Crippen LogP contribution is -2.36. The number of amides is 1. The van der Waals surface area contributed by atoms with Gasteiger partial charge < -0.3 is 4.90 Å². The van der Waals surface area contributed by atoms with Crippen molar-refractivity contribution in [1.29, 1.82) is 0 Å². The van der Waals surface area contributed by atoms with Gasteiger partial charge in [0, 0.05) is 30.7 Å². The van der Waals surface area contributed by atoms with Gasteiger partial charge in [0.15, 0.2) is 0 Å². The zero-order valence-electron chi connectivity index (χ0n) is 21.3. The number of carbonyl (C=O) groups is 1. The number of nitrogens with zero attached hydrogens (tertiary/aromatic N) is 3. The van der Waals surface area contributed by atoms with Crippen LogP contribution in [-0.4, -0.2) is 37.4 Å². The highest BCUT2D eigenvalue weighted by molar-refractivity contribution is 7.90. The lowest BCUT2D eigenvalue weighted by Gasteiger charge is -2.32. The summed E-state index contributed by atoms with van der Waals surface area (Å²) in [6, 6.07) is 25.6. The summed E-state index contributed by atoms with van der Waals surface area (Å²) in [5.74, 6) is 0.347. The second-order valence-corrected chi connectivity index (χ2v) is 11.8. The summed E-state index contributed by atoms with van der Waals surface area (Å²) < 4.78 is 27.8. The van der Waals surface area contributed by atoms with Gasteiger partial charge in [-0.05, 0) is 60.6 Å². The van der Waals surface area contributed by atoms with Gasteiger partial charge >= 0.3 is 0 Å². The topological polar surface area (TPSA) is 92.3 Å². The number of benzene rings is 3. The first-order valence-electron chi connectivity index (χ1n) is 12.9. The summed E-state index contributed by atoms with van der Waals surface area (Å²) in [4.78, 5) is 24.6. The average molecular weight is 561 g/mol. The summed E-state index contributed by atoms with van der Waals surface area (Å²) in [6.45, 7) is 1.62. The minimum Gasteiger partial charge on any atom is -0.341 e. The van der Waals surface area contributed by atoms with Gasteiger partial charge in [0.2, 0.25) is 5.95 Å². The maximum absolute atomic E-state index is 13.2. The molecular weight excluding hydrogens is 532 g/mol. The monoisotopic (exact) mass is 560 g/mol. The van der Waals surface area contributed by atoms with Gasteiger partial charge in [0.1, 0.15) is 0 Å². The number of halogens is 1. The minimum absolute atomic E-state index is 0.00523. The van der Waals surface area contributed by atoms with Crippen LogP contribution in [0.4, 0.5) is 5.95 Å². The Hall–Kier alpha value is -3.75. The maximum atomic E-state index is 13.2. The number of nitrogens with one attached hydrogen (secondary N) is 1. The molecule has 2 heterocycles. The Morgan fingerprint density at radius 2 is 1.59 bits per heavy atom. The summed E-state index contributed by atoms with van der Waals surface area (Å²) in [7, 11) is -4.05. The van der Waals surface area contributed by atoms with Gasteiger partial charge in [-0.25, -0.2) is 23.1 Å². The van der Waals surface area contributed by atoms with Crippen molar-refractivity contribution in [3.8, 4) is 0 Å². The molecule has 39 heavy (non-hydrogen) atoms. The molecule has 7 nitrogen and oxygen atoms in total. The zero-order valence-corrected chi connectivity index (χ0v) is 22.9. The van der Waals surface area contributed by atoms with E-state index in [4.69, 9.17) is 16.6 Å². The van der Waals surface area contributed by atoms with E-state index in [1.807, 2.05) is 18.2 Å². The fourth-order valence-corrected chi connectivity index (χ4v) is 6.04. The van der Waals surface area contributed by atoms with Crippen molar-refractivity contribution in [1.82, 2.24) is 14.7 Å². The van der Waals surface area contributed by atoms with E-state index < -0.39 is 15.9 Å². The molecule has 0 saturated carbocycles. The van der Waals surface area contributed by atoms with Crippen LogP contribution in [0.5, 0.6) is 0 Å². The molecular formula is C30H29ClN4O3S. The molecule has 1 aromatic heterocycles. The summed E-state index contributed by atoms with van der Waals surface area (Å²) in [5.41, 5.74) is 2.75. The van der Waals surface area contributed by atoms with Crippen LogP contribution < -0.4 is 9.62 Å². The van der Waals surface area contributed by atoms with E-state index in [2.05, 4.69) is 38.9 Å². The smallest absolute Gasteiger partial charge is 0.268 e. The first-order chi connectivity index (χ1) is 18.9. The van der Waals surface area contributed by atoms with Crippen LogP contribution in [0.1, 0.15) is 40.0 Å². The van der Waals surface area contributed by atoms with E-state index in [9.17, 15) is 13.2 Å². The molecule has 3 aromatic carbocycles. The number of hydrogen-bond donors (Lipinski definition) is 1. The normalized spacial score (nSPS) is 14.2. The molecule has 1 saturated heterocycles. The quantitative estimate of drug-likeness (QED) is 0.314. The SMILES string of the molecule is O=C(NS(=O)(=O)c1ccccc1)c1cnc(N2CCC(Cc3ccccc3)CC2)nc1Cc1cccc(Cl)c1. The van der Waals surface area contributed by atoms with Gasteiger partial charge in [-0.15, -0.1) is 0 Å². The number of hydrogen-bond acceptors (Lipinski definition) is 6. The molecule has 4 aromatic rings. The molecule has 1 aliphatic rings. The summed E-state index contributed by atoms with van der Waals surface area (Å²) in [5, 5.41) is 0.569. The minimum atomic E-state index is -4.05. The van der Waals surface area contributed by atoms with Gasteiger partial charge in [-0.1, -0.05) is 72.3 Å². The van der Waals surface area contributed by atoms with E-state index in [0.717, 1.165) is 37.9 Å². The highest BCUT2D eigenvalue weighted by Gasteiger charge is 2.25. The predicted molar refractivity (Wildman–Crippen MR) is 152 cm³/mol. The molecule has 0 unspecified atom stereocenters. The lowest BCUT2D eigenvalue weighted by atomic mass is 9.90. The van der Waals surface area contributed by atoms with Crippen molar-refractivity contribution < 1.29 is 13.2 Å². The molecule has 0 bridgehead atoms. The fourth-order valence-electron chi connectivity index (χ4n) is 4.84. The average Bonchev–Trinajstić information content (AvgIpc) is 2.94. The molecule has 5 rings (SSSR count). The molecule has 200 valence electrons. The van der Waals surface area contributed by atoms with Crippen LogP contribution in [0, 0.1) is 5.92 Å². The maximum Gasteiger partial charge on any atom is 0.268 e. The van der Waals surface area contributed by atoms with Crippen molar-refractivity contribution in [2.75, 3.05) is 18.0 Å². The second kappa shape index (κ2) is 12.0. The third-order valence-electron chi connectivity index (χ3n) is 6.91. The van der Waals surface area contributed by atoms with E-state index in [1.165, 1.54) is 23.9 Å². The summed E-state index contributed by atoms with van der Waals surface area (Å²) >= 11 is 6.19. The molecule has 0 spiro atoms. The number of carbonyl (C=O) groups excluding carboxylic acids is 1. The standard InChI is InChI=1S/C30H29ClN4O3S/c31-25-11-7-10-24(19-25)20-28-27(29(36)34-39(37,38)26-12-5-2-6-13-26)21-32-30(33-28)35-16-14-23(15-17-35)18-22-8-3-1-4-9-22/h1-13,19,21,23H,14-18,20H2,(H,34,36). The number of aromatic nitrogens is 2. The van der Waals surface area contributed by atoms with E-state index >= 15 is 0 Å². The van der Waals surface area contributed by atoms with Crippen LogP contribution in [0.3, 0.4) is 0 Å². The van der Waals surface area contributed by atoms with E-state index in [1.54, 1.807) is 30.3 Å². The Bertz CT molecular complexity index is 1540. The highest BCUT2D eigenvalue weighted by Crippen LogP contribution is 2.25. The van der Waals surface area contributed by atoms with Crippen LogP contribution in [0.2, 0.25) is 5.02 Å². The Morgan fingerprint density at radius 3 is 2.28 bits per heavy atom. The van der Waals surface area contributed by atoms with Gasteiger partial charge in [0.05, 0.1) is 16.2 Å². The van der Waals surface area contributed by atoms with Crippen molar-refractivity contribution >= 4 is 33.5 Å². The molecule has 1 aliphatic heterocycles. The van der Waals surface area contributed by atoms with Crippen LogP contribution >= 0.6 is 11.6 Å². The fraction of sp³-hybridized carbons (Fsp3) is 0.233. The first kappa shape index (κ1) is 26.8. The van der Waals surface area contributed by atoms with E-state index in [0.29, 0.717) is 29.0 Å². The molecule has 1 N–H and O–H groups in total. The largest absolute Gasteiger partial charge is 0.341 e. The third kappa shape index (κ3) is 6.82. The third-order valence-corrected chi connectivity index (χ3v) is 8.49. The number of anilines is 1. The van der Waals surface area contributed by atoms with Crippen LogP contribution in [0.15, 0.2) is 96.0 Å². The zero-order chi connectivity index (χ0) is 27.2. The van der Waals surface area contributed by atoms with Crippen molar-refractivity contribution in [2.24, 2.45) is 5.92 Å². The van der Waals surface area contributed by atoms with Gasteiger partial charge in [-0.2, -0.15) is 0 Å². The van der Waals surface area contributed by atoms with Crippen molar-refractivity contribution in [3.05, 3.63) is 119 Å². The molecule has 0 aliphatic carbocycles. The Balaban J connectivity index is 1.37. The highest BCUT2D eigenvalue weighted by atomic mass is 35.5.